The van der Waals surface area contributed by atoms with E-state index in [0.717, 1.165) is 59.7 Å². The van der Waals surface area contributed by atoms with Crippen molar-refractivity contribution in [1.29, 1.82) is 0 Å². The number of thiophene rings is 1. The van der Waals surface area contributed by atoms with Crippen molar-refractivity contribution in [3.05, 3.63) is 33.3 Å². The van der Waals surface area contributed by atoms with E-state index in [0.29, 0.717) is 6.42 Å². The molecule has 0 aliphatic carbocycles. The third-order valence-corrected chi connectivity index (χ3v) is 6.57. The molecule has 0 N–H and O–H groups in total. The van der Waals surface area contributed by atoms with Gasteiger partial charge in [0.25, 0.3) is 0 Å². The van der Waals surface area contributed by atoms with Gasteiger partial charge >= 0.3 is 0 Å². The third kappa shape index (κ3) is 3.98. The van der Waals surface area contributed by atoms with Crippen LogP contribution in [0.3, 0.4) is 0 Å². The molecular weight excluding hydrogens is 428 g/mol. The van der Waals surface area contributed by atoms with Crippen LogP contribution < -0.4 is 4.90 Å². The Kier molecular flexibility index (Phi) is 5.40. The molecule has 4 rings (SSSR count). The van der Waals surface area contributed by atoms with Crippen LogP contribution in [0.4, 0.5) is 5.82 Å². The highest BCUT2D eigenvalue weighted by Gasteiger charge is 2.23. The maximum Gasteiger partial charge on any atom is 0.222 e. The van der Waals surface area contributed by atoms with Crippen LogP contribution in [0.25, 0.3) is 11.0 Å². The fraction of sp³-hybridized carbons (Fsp3) is 0.444. The smallest absolute Gasteiger partial charge is 0.222 e. The van der Waals surface area contributed by atoms with Crippen LogP contribution in [0.5, 0.6) is 0 Å². The third-order valence-electron chi connectivity index (χ3n) is 4.88. The molecule has 27 heavy (non-hydrogen) atoms. The Bertz CT molecular complexity index is 946. The quantitative estimate of drug-likeness (QED) is 0.600. The molecule has 0 aromatic carbocycles. The van der Waals surface area contributed by atoms with E-state index >= 15 is 0 Å². The fourth-order valence-corrected chi connectivity index (χ4v) is 4.95. The Morgan fingerprint density at radius 1 is 1.22 bits per heavy atom. The standard InChI is InChI=1S/C18H21BrN6OS/c1-23-17-14(11-22-23)18(21-12-20-17)25-9-7-24(8-10-25)16(26)4-2-3-13-5-6-15(19)27-13/h5-6,11-12H,2-4,7-10H2,1H3. The summed E-state index contributed by atoms with van der Waals surface area (Å²) in [5, 5.41) is 5.24. The summed E-state index contributed by atoms with van der Waals surface area (Å²) in [4.78, 5) is 26.8. The van der Waals surface area contributed by atoms with E-state index in [1.165, 1.54) is 4.88 Å². The maximum atomic E-state index is 12.5. The molecule has 4 heterocycles. The molecule has 142 valence electrons. The monoisotopic (exact) mass is 448 g/mol. The maximum absolute atomic E-state index is 12.5. The number of nitrogens with zero attached hydrogens (tertiary/aromatic N) is 6. The average molecular weight is 449 g/mol. The van der Waals surface area contributed by atoms with E-state index in [-0.39, 0.29) is 5.91 Å². The van der Waals surface area contributed by atoms with Crippen molar-refractivity contribution in [2.45, 2.75) is 19.3 Å². The zero-order valence-electron chi connectivity index (χ0n) is 15.1. The largest absolute Gasteiger partial charge is 0.352 e. The number of hydrogen-bond donors (Lipinski definition) is 0. The van der Waals surface area contributed by atoms with Gasteiger partial charge in [-0.2, -0.15) is 5.10 Å². The summed E-state index contributed by atoms with van der Waals surface area (Å²) in [7, 11) is 1.88. The number of hydrogen-bond acceptors (Lipinski definition) is 6. The zero-order chi connectivity index (χ0) is 18.8. The van der Waals surface area contributed by atoms with Crippen molar-refractivity contribution in [2.75, 3.05) is 31.1 Å². The molecule has 0 spiro atoms. The summed E-state index contributed by atoms with van der Waals surface area (Å²) in [6, 6.07) is 4.19. The summed E-state index contributed by atoms with van der Waals surface area (Å²) < 4.78 is 2.90. The molecule has 3 aromatic rings. The molecule has 9 heteroatoms. The van der Waals surface area contributed by atoms with E-state index in [1.807, 2.05) is 18.1 Å². The lowest BCUT2D eigenvalue weighted by Crippen LogP contribution is -2.49. The number of rotatable bonds is 5. The second kappa shape index (κ2) is 7.93. The lowest BCUT2D eigenvalue weighted by molar-refractivity contribution is -0.131. The number of fused-ring (bicyclic) bond motifs is 1. The number of piperazine rings is 1. The molecule has 1 fully saturated rings. The predicted octanol–water partition coefficient (Wildman–Crippen LogP) is 2.86. The van der Waals surface area contributed by atoms with Crippen molar-refractivity contribution in [3.63, 3.8) is 0 Å². The van der Waals surface area contributed by atoms with Crippen LogP contribution in [0, 0.1) is 0 Å². The zero-order valence-corrected chi connectivity index (χ0v) is 17.5. The molecule has 0 saturated carbocycles. The van der Waals surface area contributed by atoms with Gasteiger partial charge in [0.05, 0.1) is 15.4 Å². The molecule has 3 aromatic heterocycles. The lowest BCUT2D eigenvalue weighted by Gasteiger charge is -2.35. The van der Waals surface area contributed by atoms with Crippen molar-refractivity contribution >= 4 is 50.0 Å². The van der Waals surface area contributed by atoms with E-state index < -0.39 is 0 Å². The second-order valence-electron chi connectivity index (χ2n) is 6.63. The number of carbonyl (C=O) groups excluding carboxylic acids is 1. The summed E-state index contributed by atoms with van der Waals surface area (Å²) >= 11 is 5.22. The summed E-state index contributed by atoms with van der Waals surface area (Å²) in [6.45, 7) is 3.03. The Labute approximate surface area is 170 Å². The highest BCUT2D eigenvalue weighted by molar-refractivity contribution is 9.11. The first-order valence-electron chi connectivity index (χ1n) is 9.01. The van der Waals surface area contributed by atoms with Gasteiger partial charge in [-0.1, -0.05) is 0 Å². The highest BCUT2D eigenvalue weighted by Crippen LogP contribution is 2.25. The minimum Gasteiger partial charge on any atom is -0.352 e. The van der Waals surface area contributed by atoms with Crippen LogP contribution in [-0.2, 0) is 18.3 Å². The SMILES string of the molecule is Cn1ncc2c(N3CCN(C(=O)CCCc4ccc(Br)s4)CC3)ncnc21. The van der Waals surface area contributed by atoms with Crippen LogP contribution in [-0.4, -0.2) is 56.7 Å². The van der Waals surface area contributed by atoms with E-state index in [2.05, 4.69) is 48.0 Å². The predicted molar refractivity (Wildman–Crippen MR) is 110 cm³/mol. The van der Waals surface area contributed by atoms with Crippen molar-refractivity contribution in [2.24, 2.45) is 7.05 Å². The Morgan fingerprint density at radius 3 is 2.78 bits per heavy atom. The number of anilines is 1. The van der Waals surface area contributed by atoms with Gasteiger partial charge in [0.1, 0.15) is 12.1 Å². The molecule has 1 amide bonds. The van der Waals surface area contributed by atoms with Crippen molar-refractivity contribution in [3.8, 4) is 0 Å². The average Bonchev–Trinajstić information content (AvgIpc) is 3.27. The highest BCUT2D eigenvalue weighted by atomic mass is 79.9. The number of aromatic nitrogens is 4. The van der Waals surface area contributed by atoms with Crippen LogP contribution in [0.2, 0.25) is 0 Å². The lowest BCUT2D eigenvalue weighted by atomic mass is 10.2. The van der Waals surface area contributed by atoms with Gasteiger partial charge in [-0.15, -0.1) is 11.3 Å². The molecule has 0 radical (unpaired) electrons. The molecule has 1 saturated heterocycles. The summed E-state index contributed by atoms with van der Waals surface area (Å²) in [6.07, 6.45) is 5.86. The van der Waals surface area contributed by atoms with Crippen LogP contribution in [0.1, 0.15) is 17.7 Å². The number of carbonyl (C=O) groups is 1. The van der Waals surface area contributed by atoms with Gasteiger partial charge in [0, 0.05) is 44.5 Å². The minimum atomic E-state index is 0.250. The Balaban J connectivity index is 1.31. The molecule has 1 aliphatic heterocycles. The molecule has 0 bridgehead atoms. The first-order valence-corrected chi connectivity index (χ1v) is 10.6. The van der Waals surface area contributed by atoms with Gasteiger partial charge in [-0.3, -0.25) is 9.48 Å². The van der Waals surface area contributed by atoms with Gasteiger partial charge in [-0.25, -0.2) is 9.97 Å². The molecule has 0 atom stereocenters. The van der Waals surface area contributed by atoms with E-state index in [9.17, 15) is 4.79 Å². The molecule has 1 aliphatic rings. The normalized spacial score (nSPS) is 14.9. The molecule has 0 unspecified atom stereocenters. The first kappa shape index (κ1) is 18.4. The van der Waals surface area contributed by atoms with Crippen molar-refractivity contribution in [1.82, 2.24) is 24.6 Å². The topological polar surface area (TPSA) is 67.2 Å². The van der Waals surface area contributed by atoms with E-state index in [1.54, 1.807) is 22.3 Å². The summed E-state index contributed by atoms with van der Waals surface area (Å²) in [5.41, 5.74) is 0.832. The summed E-state index contributed by atoms with van der Waals surface area (Å²) in [5.74, 6) is 1.16. The molecular formula is C18H21BrN6OS. The van der Waals surface area contributed by atoms with Crippen LogP contribution >= 0.6 is 27.3 Å². The molecule has 7 nitrogen and oxygen atoms in total. The number of halogens is 1. The second-order valence-corrected chi connectivity index (χ2v) is 9.18. The van der Waals surface area contributed by atoms with Gasteiger partial charge < -0.3 is 9.80 Å². The van der Waals surface area contributed by atoms with Gasteiger partial charge in [0.2, 0.25) is 5.91 Å². The minimum absolute atomic E-state index is 0.250. The number of amides is 1. The fourth-order valence-electron chi connectivity index (χ4n) is 3.43. The van der Waals surface area contributed by atoms with Gasteiger partial charge in [-0.05, 0) is 40.9 Å². The van der Waals surface area contributed by atoms with Crippen LogP contribution in [0.15, 0.2) is 28.4 Å². The first-order chi connectivity index (χ1) is 13.1. The van der Waals surface area contributed by atoms with Crippen molar-refractivity contribution < 1.29 is 4.79 Å². The van der Waals surface area contributed by atoms with Gasteiger partial charge in [0.15, 0.2) is 5.65 Å². The number of aryl methyl sites for hydroxylation is 2. The van der Waals surface area contributed by atoms with E-state index in [4.69, 9.17) is 0 Å². The Hall–Kier alpha value is -2.00. The Morgan fingerprint density at radius 2 is 2.04 bits per heavy atom.